The molecule has 0 bridgehead atoms. The van der Waals surface area contributed by atoms with Gasteiger partial charge < -0.3 is 38.7 Å². The average Bonchev–Trinajstić information content (AvgIpc) is 3.08. The normalized spacial score (nSPS) is 11.2. The maximum absolute atomic E-state index is 7.19. The van der Waals surface area contributed by atoms with Crippen LogP contribution in [0.3, 0.4) is 0 Å². The monoisotopic (exact) mass is 726 g/mol. The molecule has 0 amide bonds. The lowest BCUT2D eigenvalue weighted by molar-refractivity contribution is -0.00100. The van der Waals surface area contributed by atoms with Gasteiger partial charge in [-0.3, -0.25) is 0 Å². The number of benzene rings is 6. The van der Waals surface area contributed by atoms with Crippen molar-refractivity contribution in [2.24, 2.45) is 0 Å². The minimum Gasteiger partial charge on any atom is -1.00 e. The summed E-state index contributed by atoms with van der Waals surface area (Å²) in [5.74, 6) is 0. The van der Waals surface area contributed by atoms with Crippen molar-refractivity contribution in [3.63, 3.8) is 0 Å². The number of ether oxygens (including phenoxy) is 1. The highest BCUT2D eigenvalue weighted by atomic mass is 79.9. The fraction of sp³-hybridized carbons (Fsp3) is 0.0526. The summed E-state index contributed by atoms with van der Waals surface area (Å²) in [4.78, 5) is 0. The molecule has 0 aliphatic heterocycles. The van der Waals surface area contributed by atoms with E-state index in [2.05, 4.69) is 182 Å². The molecular formula is C38H34Br2OP2. The Labute approximate surface area is 278 Å². The molecule has 0 spiro atoms. The Morgan fingerprint density at radius 3 is 0.605 bits per heavy atom. The van der Waals surface area contributed by atoms with E-state index in [1.807, 2.05) is 0 Å². The summed E-state index contributed by atoms with van der Waals surface area (Å²) in [7, 11) is -4.24. The van der Waals surface area contributed by atoms with Crippen molar-refractivity contribution in [3.8, 4) is 0 Å². The van der Waals surface area contributed by atoms with Crippen LogP contribution in [0.4, 0.5) is 0 Å². The number of hydrogen-bond acceptors (Lipinski definition) is 1. The standard InChI is InChI=1S/C38H34OP2.2BrH/c1-7-19-33(20-8-1)40(34-21-9-2-10-22-34,35-23-11-3-12-24-35)31-39-32-41(36-25-13-4-14-26-36,37-27-15-5-16-28-37)38-29-17-6-18-30-38;;/h1-30H,31-32H2;2*1H/q+2;;/p-2. The van der Waals surface area contributed by atoms with Crippen molar-refractivity contribution in [1.29, 1.82) is 0 Å². The SMILES string of the molecule is [Br-].[Br-].c1ccc([P+](COC[P+](c2ccccc2)(c2ccccc2)c2ccccc2)(c2ccccc2)c2ccccc2)cc1. The summed E-state index contributed by atoms with van der Waals surface area (Å²) in [6.45, 7) is 0. The first kappa shape index (κ1) is 33.0. The van der Waals surface area contributed by atoms with Gasteiger partial charge in [0.15, 0.2) is 12.7 Å². The minimum atomic E-state index is -2.12. The van der Waals surface area contributed by atoms with E-state index in [-0.39, 0.29) is 34.0 Å². The van der Waals surface area contributed by atoms with Crippen LogP contribution in [0.15, 0.2) is 182 Å². The number of rotatable bonds is 10. The van der Waals surface area contributed by atoms with Gasteiger partial charge in [0.2, 0.25) is 0 Å². The van der Waals surface area contributed by atoms with Crippen LogP contribution in [0.5, 0.6) is 0 Å². The van der Waals surface area contributed by atoms with Crippen molar-refractivity contribution in [1.82, 2.24) is 0 Å². The Morgan fingerprint density at radius 1 is 0.279 bits per heavy atom. The first-order chi connectivity index (χ1) is 20.3. The van der Waals surface area contributed by atoms with E-state index in [0.717, 1.165) is 0 Å². The van der Waals surface area contributed by atoms with Crippen LogP contribution in [0, 0.1) is 0 Å². The minimum absolute atomic E-state index is 0. The molecule has 0 saturated carbocycles. The molecule has 0 fully saturated rings. The second-order valence-electron chi connectivity index (χ2n) is 10.1. The molecule has 0 saturated heterocycles. The van der Waals surface area contributed by atoms with Crippen molar-refractivity contribution < 1.29 is 38.7 Å². The molecule has 216 valence electrons. The van der Waals surface area contributed by atoms with Crippen molar-refractivity contribution in [3.05, 3.63) is 182 Å². The summed E-state index contributed by atoms with van der Waals surface area (Å²) in [5, 5.41) is 8.00. The van der Waals surface area contributed by atoms with Crippen LogP contribution < -0.4 is 65.8 Å². The van der Waals surface area contributed by atoms with Gasteiger partial charge in [0.05, 0.1) is 0 Å². The highest BCUT2D eigenvalue weighted by Crippen LogP contribution is 2.59. The van der Waals surface area contributed by atoms with E-state index in [4.69, 9.17) is 4.74 Å². The van der Waals surface area contributed by atoms with E-state index in [1.54, 1.807) is 0 Å². The van der Waals surface area contributed by atoms with Crippen LogP contribution in [-0.4, -0.2) is 12.7 Å². The van der Waals surface area contributed by atoms with E-state index < -0.39 is 14.5 Å². The highest BCUT2D eigenvalue weighted by Gasteiger charge is 2.50. The lowest BCUT2D eigenvalue weighted by Crippen LogP contribution is -3.00. The van der Waals surface area contributed by atoms with Crippen molar-refractivity contribution >= 4 is 46.4 Å². The van der Waals surface area contributed by atoms with Crippen molar-refractivity contribution in [2.75, 3.05) is 12.7 Å². The Kier molecular flexibility index (Phi) is 12.1. The van der Waals surface area contributed by atoms with E-state index in [1.165, 1.54) is 31.8 Å². The second kappa shape index (κ2) is 15.7. The molecule has 0 aromatic heterocycles. The van der Waals surface area contributed by atoms with E-state index >= 15 is 0 Å². The number of halogens is 2. The van der Waals surface area contributed by atoms with Gasteiger partial charge in [-0.05, 0) is 72.8 Å². The summed E-state index contributed by atoms with van der Waals surface area (Å²) in [6, 6.07) is 65.9. The third-order valence-corrected chi connectivity index (χ3v) is 16.0. The zero-order valence-electron chi connectivity index (χ0n) is 23.8. The largest absolute Gasteiger partial charge is 1.00 e. The predicted octanol–water partition coefficient (Wildman–Crippen LogP) is 0.914. The Morgan fingerprint density at radius 2 is 0.442 bits per heavy atom. The third kappa shape index (κ3) is 6.78. The molecular weight excluding hydrogens is 694 g/mol. The van der Waals surface area contributed by atoms with Crippen LogP contribution in [-0.2, 0) is 4.74 Å². The fourth-order valence-electron chi connectivity index (χ4n) is 5.75. The molecule has 5 heteroatoms. The van der Waals surface area contributed by atoms with Crippen LogP contribution >= 0.6 is 14.5 Å². The van der Waals surface area contributed by atoms with Gasteiger partial charge in [0.25, 0.3) is 0 Å². The van der Waals surface area contributed by atoms with E-state index in [9.17, 15) is 0 Å². The topological polar surface area (TPSA) is 9.23 Å². The van der Waals surface area contributed by atoms with Gasteiger partial charge in [-0.15, -0.1) is 0 Å². The van der Waals surface area contributed by atoms with Gasteiger partial charge in [0, 0.05) is 0 Å². The summed E-state index contributed by atoms with van der Waals surface area (Å²) >= 11 is 0. The summed E-state index contributed by atoms with van der Waals surface area (Å²) < 4.78 is 7.19. The summed E-state index contributed by atoms with van der Waals surface area (Å²) in [6.07, 6.45) is 1.25. The molecule has 0 N–H and O–H groups in total. The Bertz CT molecular complexity index is 1320. The molecule has 6 rings (SSSR count). The molecule has 6 aromatic carbocycles. The van der Waals surface area contributed by atoms with Crippen LogP contribution in [0.1, 0.15) is 0 Å². The fourth-order valence-corrected chi connectivity index (χ4v) is 13.4. The quantitative estimate of drug-likeness (QED) is 0.191. The lowest BCUT2D eigenvalue weighted by Gasteiger charge is -2.30. The van der Waals surface area contributed by atoms with Gasteiger partial charge in [-0.1, -0.05) is 109 Å². The molecule has 0 atom stereocenters. The molecule has 0 aliphatic carbocycles. The molecule has 0 radical (unpaired) electrons. The second-order valence-corrected chi connectivity index (χ2v) is 16.9. The first-order valence-corrected chi connectivity index (χ1v) is 18.0. The first-order valence-electron chi connectivity index (χ1n) is 14.0. The van der Waals surface area contributed by atoms with Crippen LogP contribution in [0.2, 0.25) is 0 Å². The number of hydrogen-bond donors (Lipinski definition) is 0. The highest BCUT2D eigenvalue weighted by molar-refractivity contribution is 7.96. The molecule has 6 aromatic rings. The zero-order chi connectivity index (χ0) is 27.8. The predicted molar refractivity (Wildman–Crippen MR) is 181 cm³/mol. The maximum atomic E-state index is 7.19. The molecule has 1 nitrogen and oxygen atoms in total. The van der Waals surface area contributed by atoms with E-state index in [0.29, 0.717) is 12.7 Å². The van der Waals surface area contributed by atoms with Gasteiger partial charge in [0.1, 0.15) is 46.4 Å². The van der Waals surface area contributed by atoms with Crippen LogP contribution in [0.25, 0.3) is 0 Å². The molecule has 43 heavy (non-hydrogen) atoms. The van der Waals surface area contributed by atoms with Gasteiger partial charge in [-0.2, -0.15) is 0 Å². The summed E-state index contributed by atoms with van der Waals surface area (Å²) in [5.41, 5.74) is 0. The molecule has 0 heterocycles. The Balaban J connectivity index is 0.00000212. The van der Waals surface area contributed by atoms with Gasteiger partial charge in [-0.25, -0.2) is 0 Å². The smallest absolute Gasteiger partial charge is 0.175 e. The lowest BCUT2D eigenvalue weighted by atomic mass is 10.4. The van der Waals surface area contributed by atoms with Gasteiger partial charge >= 0.3 is 0 Å². The molecule has 0 unspecified atom stereocenters. The Hall–Kier alpha value is -2.90. The third-order valence-electron chi connectivity index (χ3n) is 7.75. The average molecular weight is 728 g/mol. The molecule has 0 aliphatic rings. The zero-order valence-corrected chi connectivity index (χ0v) is 28.8. The van der Waals surface area contributed by atoms with Crippen molar-refractivity contribution in [2.45, 2.75) is 0 Å². The maximum Gasteiger partial charge on any atom is 0.175 e.